The predicted molar refractivity (Wildman–Crippen MR) is 108 cm³/mol. The zero-order chi connectivity index (χ0) is 22.8. The van der Waals surface area contributed by atoms with Crippen molar-refractivity contribution in [2.45, 2.75) is 52.0 Å². The number of aryl methyl sites for hydroxylation is 2. The molecule has 31 heavy (non-hydrogen) atoms. The third-order valence-electron chi connectivity index (χ3n) is 5.30. The van der Waals surface area contributed by atoms with Crippen LogP contribution in [-0.4, -0.2) is 45.2 Å². The van der Waals surface area contributed by atoms with Crippen molar-refractivity contribution in [1.29, 1.82) is 5.26 Å². The maximum atomic E-state index is 13.6. The first kappa shape index (κ1) is 22.3. The van der Waals surface area contributed by atoms with Crippen molar-refractivity contribution >= 4 is 23.3 Å². The van der Waals surface area contributed by atoms with Gasteiger partial charge >= 0.3 is 0 Å². The summed E-state index contributed by atoms with van der Waals surface area (Å²) in [6.07, 6.45) is 3.81. The van der Waals surface area contributed by atoms with Crippen LogP contribution in [0.3, 0.4) is 0 Å². The molecule has 0 spiro atoms. The van der Waals surface area contributed by atoms with E-state index in [1.807, 2.05) is 19.9 Å². The molecule has 1 saturated heterocycles. The van der Waals surface area contributed by atoms with Crippen molar-refractivity contribution in [3.63, 3.8) is 0 Å². The number of nitriles is 1. The van der Waals surface area contributed by atoms with Crippen LogP contribution >= 0.6 is 0 Å². The number of amides is 1. The first-order valence-electron chi connectivity index (χ1n) is 9.78. The molecular weight excluding hydrogens is 406 g/mol. The Bertz CT molecular complexity index is 1070. The molecule has 2 aromatic heterocycles. The Hall–Kier alpha value is -3.41. The summed E-state index contributed by atoms with van der Waals surface area (Å²) in [4.78, 5) is 30.2. The quantitative estimate of drug-likeness (QED) is 0.646. The molecule has 1 aliphatic heterocycles. The van der Waals surface area contributed by atoms with E-state index >= 15 is 0 Å². The van der Waals surface area contributed by atoms with E-state index in [0.717, 1.165) is 16.0 Å². The minimum Gasteiger partial charge on any atom is -0.361 e. The molecule has 162 valence electrons. The minimum absolute atomic E-state index is 0.158. The summed E-state index contributed by atoms with van der Waals surface area (Å²) in [5.41, 5.74) is 3.27. The Morgan fingerprint density at radius 1 is 1.35 bits per heavy atom. The topological polar surface area (TPSA) is 100 Å². The molecule has 9 heteroatoms. The highest BCUT2D eigenvalue weighted by Gasteiger charge is 2.47. The summed E-state index contributed by atoms with van der Waals surface area (Å²) in [5, 5.41) is 13.0. The van der Waals surface area contributed by atoms with Crippen molar-refractivity contribution < 1.29 is 22.9 Å². The molecule has 0 bridgehead atoms. The summed E-state index contributed by atoms with van der Waals surface area (Å²) in [7, 11) is 0. The van der Waals surface area contributed by atoms with E-state index in [2.05, 4.69) is 10.1 Å². The lowest BCUT2D eigenvalue weighted by Gasteiger charge is -2.19. The number of Topliss-reactive ketones (excluding diaryl/α,β-unsaturated/α-hetero) is 1. The lowest BCUT2D eigenvalue weighted by molar-refractivity contribution is -0.132. The van der Waals surface area contributed by atoms with Crippen LogP contribution in [0.4, 0.5) is 8.78 Å². The molecule has 0 radical (unpaired) electrons. The molecule has 1 fully saturated rings. The average molecular weight is 428 g/mol. The predicted octanol–water partition coefficient (Wildman–Crippen LogP) is 3.97. The average Bonchev–Trinajstić information content (AvgIpc) is 3.24. The minimum atomic E-state index is -3.08. The Kier molecular flexibility index (Phi) is 6.29. The van der Waals surface area contributed by atoms with Gasteiger partial charge in [0.05, 0.1) is 18.3 Å². The molecule has 3 rings (SSSR count). The van der Waals surface area contributed by atoms with Gasteiger partial charge in [0.15, 0.2) is 5.78 Å². The number of hydrogen-bond donors (Lipinski definition) is 0. The third-order valence-corrected chi connectivity index (χ3v) is 5.30. The molecule has 1 aliphatic rings. The number of hydrogen-bond acceptors (Lipinski definition) is 6. The number of likely N-dealkylation sites (tertiary alicyclic amines) is 1. The van der Waals surface area contributed by atoms with E-state index in [0.29, 0.717) is 22.6 Å². The number of nitrogens with zero attached hydrogens (tertiary/aromatic N) is 4. The fourth-order valence-corrected chi connectivity index (χ4v) is 3.64. The molecule has 3 heterocycles. The summed E-state index contributed by atoms with van der Waals surface area (Å²) in [5.74, 6) is -3.38. The molecular formula is C22H22F2N4O3. The second kappa shape index (κ2) is 8.76. The number of halogens is 2. The first-order valence-corrected chi connectivity index (χ1v) is 9.78. The molecule has 2 aromatic rings. The Morgan fingerprint density at radius 2 is 2.10 bits per heavy atom. The van der Waals surface area contributed by atoms with E-state index in [1.165, 1.54) is 6.20 Å². The summed E-state index contributed by atoms with van der Waals surface area (Å²) in [6, 6.07) is 2.13. The number of rotatable bonds is 6. The van der Waals surface area contributed by atoms with E-state index < -0.39 is 30.8 Å². The van der Waals surface area contributed by atoms with Crippen LogP contribution in [0.25, 0.3) is 11.6 Å². The molecule has 1 amide bonds. The molecule has 0 unspecified atom stereocenters. The zero-order valence-corrected chi connectivity index (χ0v) is 17.5. The van der Waals surface area contributed by atoms with Crippen LogP contribution in [0.5, 0.6) is 0 Å². The molecule has 0 aliphatic carbocycles. The molecule has 1 atom stereocenters. The summed E-state index contributed by atoms with van der Waals surface area (Å²) in [6.45, 7) is 4.63. The summed E-state index contributed by atoms with van der Waals surface area (Å²) >= 11 is 0. The van der Waals surface area contributed by atoms with E-state index in [4.69, 9.17) is 9.78 Å². The van der Waals surface area contributed by atoms with Crippen LogP contribution in [0.15, 0.2) is 23.0 Å². The van der Waals surface area contributed by atoms with Gasteiger partial charge in [-0.05, 0) is 38.5 Å². The van der Waals surface area contributed by atoms with Gasteiger partial charge in [-0.25, -0.2) is 8.78 Å². The van der Waals surface area contributed by atoms with Crippen LogP contribution < -0.4 is 0 Å². The van der Waals surface area contributed by atoms with Gasteiger partial charge < -0.3 is 9.42 Å². The highest BCUT2D eigenvalue weighted by atomic mass is 19.3. The van der Waals surface area contributed by atoms with Gasteiger partial charge in [-0.15, -0.1) is 0 Å². The number of carbonyl (C=O) groups excluding carboxylic acids is 2. The Morgan fingerprint density at radius 3 is 2.74 bits per heavy atom. The van der Waals surface area contributed by atoms with Crippen LogP contribution in [-0.2, 0) is 4.79 Å². The second-order valence-corrected chi connectivity index (χ2v) is 7.64. The lowest BCUT2D eigenvalue weighted by Crippen LogP contribution is -2.36. The first-order chi connectivity index (χ1) is 14.6. The van der Waals surface area contributed by atoms with Crippen LogP contribution in [0, 0.1) is 25.2 Å². The maximum Gasteiger partial charge on any atom is 0.268 e. The number of ketones is 1. The Labute approximate surface area is 178 Å². The standard InChI is InChI=1S/C22H22F2N4O3/c1-13(8-18-14(2)27-31-15(18)3)19-11-26-7-6-17(19)20(29)4-5-21(30)28-12-22(23,24)9-16(28)10-25/h6-8,11,16H,4-5,9,12H2,1-3H3/b13-8+/t16-/m0/s1. The van der Waals surface area contributed by atoms with Crippen LogP contribution in [0.2, 0.25) is 0 Å². The fourth-order valence-electron chi connectivity index (χ4n) is 3.64. The molecule has 0 saturated carbocycles. The SMILES string of the molecule is C/C(=C\c1c(C)noc1C)c1cnccc1C(=O)CCC(=O)N1CC(F)(F)C[C@H]1C#N. The van der Waals surface area contributed by atoms with Crippen molar-refractivity contribution in [2.75, 3.05) is 6.54 Å². The van der Waals surface area contributed by atoms with Crippen molar-refractivity contribution in [3.05, 3.63) is 46.6 Å². The van der Waals surface area contributed by atoms with Gasteiger partial charge in [-0.1, -0.05) is 5.16 Å². The highest BCUT2D eigenvalue weighted by molar-refractivity contribution is 6.03. The van der Waals surface area contributed by atoms with Gasteiger partial charge in [0.2, 0.25) is 5.91 Å². The highest BCUT2D eigenvalue weighted by Crippen LogP contribution is 2.32. The van der Waals surface area contributed by atoms with Gasteiger partial charge in [0.25, 0.3) is 5.92 Å². The van der Waals surface area contributed by atoms with E-state index in [-0.39, 0.29) is 18.6 Å². The van der Waals surface area contributed by atoms with Crippen molar-refractivity contribution in [3.8, 4) is 6.07 Å². The maximum absolute atomic E-state index is 13.6. The summed E-state index contributed by atoms with van der Waals surface area (Å²) < 4.78 is 32.3. The number of carbonyl (C=O) groups is 2. The Balaban J connectivity index is 1.75. The van der Waals surface area contributed by atoms with Crippen LogP contribution in [0.1, 0.15) is 59.1 Å². The smallest absolute Gasteiger partial charge is 0.268 e. The monoisotopic (exact) mass is 428 g/mol. The number of aromatic nitrogens is 2. The van der Waals surface area contributed by atoms with Crippen molar-refractivity contribution in [2.24, 2.45) is 0 Å². The number of allylic oxidation sites excluding steroid dienone is 1. The fraction of sp³-hybridized carbons (Fsp3) is 0.409. The number of alkyl halides is 2. The van der Waals surface area contributed by atoms with E-state index in [9.17, 15) is 18.4 Å². The molecule has 0 N–H and O–H groups in total. The van der Waals surface area contributed by atoms with Gasteiger partial charge in [-0.3, -0.25) is 14.6 Å². The van der Waals surface area contributed by atoms with Gasteiger partial charge in [0, 0.05) is 48.3 Å². The normalized spacial score (nSPS) is 18.1. The molecule has 0 aromatic carbocycles. The third kappa shape index (κ3) is 4.85. The van der Waals surface area contributed by atoms with Gasteiger partial charge in [0.1, 0.15) is 11.8 Å². The lowest BCUT2D eigenvalue weighted by atomic mass is 9.96. The largest absolute Gasteiger partial charge is 0.361 e. The van der Waals surface area contributed by atoms with Crippen molar-refractivity contribution in [1.82, 2.24) is 15.0 Å². The second-order valence-electron chi connectivity index (χ2n) is 7.64. The van der Waals surface area contributed by atoms with Gasteiger partial charge in [-0.2, -0.15) is 5.26 Å². The van der Waals surface area contributed by atoms with E-state index in [1.54, 1.807) is 25.3 Å². The zero-order valence-electron chi connectivity index (χ0n) is 17.5. The molecule has 7 nitrogen and oxygen atoms in total. The number of pyridine rings is 1.